The van der Waals surface area contributed by atoms with E-state index in [1.165, 1.54) is 23.6 Å². The smallest absolute Gasteiger partial charge is 0.296 e. The van der Waals surface area contributed by atoms with Crippen LogP contribution in [0.25, 0.3) is 11.4 Å². The maximum atomic E-state index is 11.7. The highest BCUT2D eigenvalue weighted by molar-refractivity contribution is 7.14. The fourth-order valence-electron chi connectivity index (χ4n) is 1.45. The third-order valence-electron chi connectivity index (χ3n) is 2.31. The summed E-state index contributed by atoms with van der Waals surface area (Å²) in [6, 6.07) is 7.07. The topological polar surface area (TPSA) is 80.9 Å². The van der Waals surface area contributed by atoms with E-state index in [0.717, 1.165) is 11.4 Å². The summed E-state index contributed by atoms with van der Waals surface area (Å²) in [4.78, 5) is 20.2. The van der Waals surface area contributed by atoms with Crippen molar-refractivity contribution in [2.24, 2.45) is 0 Å². The molecule has 0 aliphatic rings. The van der Waals surface area contributed by atoms with Crippen LogP contribution in [0, 0.1) is 0 Å². The molecule has 1 amide bonds. The number of amides is 1. The molecule has 0 aromatic carbocycles. The second kappa shape index (κ2) is 4.99. The van der Waals surface area contributed by atoms with Gasteiger partial charge < -0.3 is 4.52 Å². The summed E-state index contributed by atoms with van der Waals surface area (Å²) in [5, 5.41) is 8.44. The van der Waals surface area contributed by atoms with Crippen molar-refractivity contribution in [1.82, 2.24) is 15.1 Å². The predicted octanol–water partition coefficient (Wildman–Crippen LogP) is 2.45. The van der Waals surface area contributed by atoms with Gasteiger partial charge in [-0.05, 0) is 12.1 Å². The standard InChI is InChI=1S/C12H8N4O2S/c17-11(10-4-6-14-18-10)16-12-15-9(7-19-12)8-3-1-2-5-13-8/h1-7H,(H,15,16,17). The van der Waals surface area contributed by atoms with Gasteiger partial charge in [-0.3, -0.25) is 15.1 Å². The Bertz CT molecular complexity index is 679. The van der Waals surface area contributed by atoms with Crippen molar-refractivity contribution in [3.05, 3.63) is 47.8 Å². The molecule has 3 rings (SSSR count). The van der Waals surface area contributed by atoms with Crippen LogP contribution in [0.15, 0.2) is 46.6 Å². The summed E-state index contributed by atoms with van der Waals surface area (Å²) < 4.78 is 4.76. The molecule has 7 heteroatoms. The lowest BCUT2D eigenvalue weighted by molar-refractivity contribution is 0.0988. The van der Waals surface area contributed by atoms with Gasteiger partial charge in [0.15, 0.2) is 5.13 Å². The quantitative estimate of drug-likeness (QED) is 0.792. The van der Waals surface area contributed by atoms with E-state index >= 15 is 0 Å². The van der Waals surface area contributed by atoms with E-state index in [1.807, 2.05) is 23.6 Å². The maximum Gasteiger partial charge on any atom is 0.296 e. The minimum absolute atomic E-state index is 0.148. The molecule has 0 unspecified atom stereocenters. The van der Waals surface area contributed by atoms with E-state index in [9.17, 15) is 4.79 Å². The molecule has 19 heavy (non-hydrogen) atoms. The number of hydrogen-bond acceptors (Lipinski definition) is 6. The first kappa shape index (κ1) is 11.5. The molecule has 1 N–H and O–H groups in total. The molecule has 3 aromatic rings. The van der Waals surface area contributed by atoms with Crippen LogP contribution in [-0.2, 0) is 0 Å². The van der Waals surface area contributed by atoms with Gasteiger partial charge in [-0.2, -0.15) is 0 Å². The molecule has 0 bridgehead atoms. The van der Waals surface area contributed by atoms with E-state index in [4.69, 9.17) is 4.52 Å². The average molecular weight is 272 g/mol. The molecule has 94 valence electrons. The molecule has 0 spiro atoms. The molecule has 0 saturated heterocycles. The normalized spacial score (nSPS) is 10.3. The van der Waals surface area contributed by atoms with E-state index in [2.05, 4.69) is 20.4 Å². The van der Waals surface area contributed by atoms with Gasteiger partial charge in [-0.15, -0.1) is 11.3 Å². The summed E-state index contributed by atoms with van der Waals surface area (Å²) in [5.41, 5.74) is 1.48. The van der Waals surface area contributed by atoms with Crippen molar-refractivity contribution in [2.45, 2.75) is 0 Å². The molecule has 3 heterocycles. The molecule has 6 nitrogen and oxygen atoms in total. The van der Waals surface area contributed by atoms with E-state index < -0.39 is 0 Å². The number of aromatic nitrogens is 3. The first-order valence-corrected chi connectivity index (χ1v) is 6.30. The maximum absolute atomic E-state index is 11.7. The molecular formula is C12H8N4O2S. The number of rotatable bonds is 3. The van der Waals surface area contributed by atoms with Gasteiger partial charge in [-0.1, -0.05) is 11.2 Å². The third-order valence-corrected chi connectivity index (χ3v) is 3.07. The molecule has 0 fully saturated rings. The monoisotopic (exact) mass is 272 g/mol. The lowest BCUT2D eigenvalue weighted by Gasteiger charge is -1.96. The van der Waals surface area contributed by atoms with Crippen molar-refractivity contribution < 1.29 is 9.32 Å². The number of hydrogen-bond donors (Lipinski definition) is 1. The number of nitrogens with zero attached hydrogens (tertiary/aromatic N) is 3. The zero-order valence-corrected chi connectivity index (χ0v) is 10.4. The van der Waals surface area contributed by atoms with Crippen LogP contribution in [0.1, 0.15) is 10.6 Å². The van der Waals surface area contributed by atoms with Gasteiger partial charge in [-0.25, -0.2) is 4.98 Å². The number of nitrogens with one attached hydrogen (secondary N) is 1. The van der Waals surface area contributed by atoms with Gasteiger partial charge in [0.25, 0.3) is 5.91 Å². The second-order valence-corrected chi connectivity index (χ2v) is 4.44. The van der Waals surface area contributed by atoms with Crippen molar-refractivity contribution in [2.75, 3.05) is 5.32 Å². The molecule has 0 radical (unpaired) electrons. The lowest BCUT2D eigenvalue weighted by atomic mass is 10.3. The Balaban J connectivity index is 1.77. The van der Waals surface area contributed by atoms with Crippen LogP contribution >= 0.6 is 11.3 Å². The fraction of sp³-hybridized carbons (Fsp3) is 0. The third kappa shape index (κ3) is 2.50. The van der Waals surface area contributed by atoms with Gasteiger partial charge in [0.05, 0.1) is 11.9 Å². The fourth-order valence-corrected chi connectivity index (χ4v) is 2.15. The van der Waals surface area contributed by atoms with Crippen molar-refractivity contribution in [3.8, 4) is 11.4 Å². The minimum Gasteiger partial charge on any atom is -0.351 e. The van der Waals surface area contributed by atoms with Crippen LogP contribution in [0.2, 0.25) is 0 Å². The van der Waals surface area contributed by atoms with Gasteiger partial charge in [0.2, 0.25) is 5.76 Å². The summed E-state index contributed by atoms with van der Waals surface area (Å²) in [5.74, 6) is -0.228. The Hall–Kier alpha value is -2.54. The Morgan fingerprint density at radius 3 is 2.89 bits per heavy atom. The number of pyridine rings is 1. The molecule has 0 aliphatic carbocycles. The predicted molar refractivity (Wildman–Crippen MR) is 69.8 cm³/mol. The summed E-state index contributed by atoms with van der Waals surface area (Å²) in [6.45, 7) is 0. The van der Waals surface area contributed by atoms with E-state index in [1.54, 1.807) is 6.20 Å². The van der Waals surface area contributed by atoms with Gasteiger partial charge in [0, 0.05) is 17.6 Å². The minimum atomic E-state index is -0.376. The number of anilines is 1. The first-order chi connectivity index (χ1) is 9.33. The highest BCUT2D eigenvalue weighted by Gasteiger charge is 2.12. The van der Waals surface area contributed by atoms with Gasteiger partial charge >= 0.3 is 0 Å². The largest absolute Gasteiger partial charge is 0.351 e. The highest BCUT2D eigenvalue weighted by atomic mass is 32.1. The molecule has 0 saturated carbocycles. The Morgan fingerprint density at radius 2 is 2.16 bits per heavy atom. The Morgan fingerprint density at radius 1 is 1.21 bits per heavy atom. The summed E-state index contributed by atoms with van der Waals surface area (Å²) >= 11 is 1.32. The van der Waals surface area contributed by atoms with Crippen LogP contribution in [0.5, 0.6) is 0 Å². The highest BCUT2D eigenvalue weighted by Crippen LogP contribution is 2.23. The lowest BCUT2D eigenvalue weighted by Crippen LogP contribution is -2.10. The van der Waals surface area contributed by atoms with Crippen molar-refractivity contribution in [1.29, 1.82) is 0 Å². The number of carbonyl (C=O) groups excluding carboxylic acids is 1. The average Bonchev–Trinajstić information content (AvgIpc) is 3.11. The molecule has 3 aromatic heterocycles. The number of carbonyl (C=O) groups is 1. The van der Waals surface area contributed by atoms with Crippen LogP contribution in [-0.4, -0.2) is 21.0 Å². The summed E-state index contributed by atoms with van der Waals surface area (Å²) in [6.07, 6.45) is 3.11. The van der Waals surface area contributed by atoms with Crippen LogP contribution in [0.3, 0.4) is 0 Å². The molecular weight excluding hydrogens is 264 g/mol. The van der Waals surface area contributed by atoms with E-state index in [-0.39, 0.29) is 11.7 Å². The van der Waals surface area contributed by atoms with Gasteiger partial charge in [0.1, 0.15) is 5.69 Å². The van der Waals surface area contributed by atoms with E-state index in [0.29, 0.717) is 5.13 Å². The summed E-state index contributed by atoms with van der Waals surface area (Å²) in [7, 11) is 0. The van der Waals surface area contributed by atoms with Crippen molar-refractivity contribution >= 4 is 22.4 Å². The van der Waals surface area contributed by atoms with Crippen molar-refractivity contribution in [3.63, 3.8) is 0 Å². The van der Waals surface area contributed by atoms with Crippen LogP contribution < -0.4 is 5.32 Å². The van der Waals surface area contributed by atoms with Crippen LogP contribution in [0.4, 0.5) is 5.13 Å². The SMILES string of the molecule is O=C(Nc1nc(-c2ccccn2)cs1)c1ccno1. The number of thiazole rings is 1. The zero-order valence-electron chi connectivity index (χ0n) is 9.61. The molecule has 0 atom stereocenters. The second-order valence-electron chi connectivity index (χ2n) is 3.58. The zero-order chi connectivity index (χ0) is 13.1. The molecule has 0 aliphatic heterocycles. The first-order valence-electron chi connectivity index (χ1n) is 5.42. The Labute approximate surface area is 112 Å². The Kier molecular flexibility index (Phi) is 3.03.